The Bertz CT molecular complexity index is 1060. The van der Waals surface area contributed by atoms with E-state index in [-0.39, 0.29) is 0 Å². The third-order valence-electron chi connectivity index (χ3n) is 4.31. The zero-order valence-corrected chi connectivity index (χ0v) is 15.5. The van der Waals surface area contributed by atoms with Crippen molar-refractivity contribution in [2.24, 2.45) is 0 Å². The monoisotopic (exact) mass is 353 g/mol. The van der Waals surface area contributed by atoms with Crippen LogP contribution in [0.3, 0.4) is 0 Å². The molecule has 3 aromatic rings. The van der Waals surface area contributed by atoms with Crippen molar-refractivity contribution >= 4 is 5.82 Å². The molecule has 3 rings (SSSR count). The Morgan fingerprint density at radius 2 is 1.70 bits per heavy atom. The molecule has 0 saturated heterocycles. The Kier molecular flexibility index (Phi) is 4.88. The summed E-state index contributed by atoms with van der Waals surface area (Å²) in [6.07, 6.45) is 3.17. The number of anilines is 1. The smallest absolute Gasteiger partial charge is 0.123 e. The summed E-state index contributed by atoms with van der Waals surface area (Å²) in [6.45, 7) is 5.70. The SMILES string of the molecule is Cc1ncnc(-c2ccc(C(C)(C)C#N)cc2)c1C#Cc1ccc(N)nc1. The van der Waals surface area contributed by atoms with Gasteiger partial charge in [-0.15, -0.1) is 0 Å². The first-order chi connectivity index (χ1) is 12.9. The van der Waals surface area contributed by atoms with Crippen LogP contribution in [0, 0.1) is 30.1 Å². The van der Waals surface area contributed by atoms with Crippen LogP contribution < -0.4 is 5.73 Å². The molecule has 5 heteroatoms. The molecule has 27 heavy (non-hydrogen) atoms. The number of pyridine rings is 1. The van der Waals surface area contributed by atoms with Crippen molar-refractivity contribution in [1.29, 1.82) is 5.26 Å². The number of hydrogen-bond acceptors (Lipinski definition) is 5. The molecular weight excluding hydrogens is 334 g/mol. The minimum atomic E-state index is -0.537. The molecule has 0 aliphatic rings. The number of hydrogen-bond donors (Lipinski definition) is 1. The Hall–Kier alpha value is -3.70. The summed E-state index contributed by atoms with van der Waals surface area (Å²) >= 11 is 0. The van der Waals surface area contributed by atoms with E-state index in [0.29, 0.717) is 5.82 Å². The molecule has 2 N–H and O–H groups in total. The molecular formula is C22H19N5. The van der Waals surface area contributed by atoms with E-state index < -0.39 is 5.41 Å². The quantitative estimate of drug-likeness (QED) is 0.711. The first kappa shape index (κ1) is 18.1. The molecule has 0 atom stereocenters. The molecule has 0 fully saturated rings. The van der Waals surface area contributed by atoms with E-state index in [4.69, 9.17) is 5.73 Å². The molecule has 0 radical (unpaired) electrons. The van der Waals surface area contributed by atoms with Crippen molar-refractivity contribution in [3.8, 4) is 29.2 Å². The van der Waals surface area contributed by atoms with Crippen LogP contribution in [0.5, 0.6) is 0 Å². The van der Waals surface area contributed by atoms with E-state index in [1.165, 1.54) is 6.33 Å². The van der Waals surface area contributed by atoms with Gasteiger partial charge in [-0.3, -0.25) is 0 Å². The third-order valence-corrected chi connectivity index (χ3v) is 4.31. The minimum Gasteiger partial charge on any atom is -0.384 e. The molecule has 0 amide bonds. The molecule has 0 aliphatic heterocycles. The van der Waals surface area contributed by atoms with Crippen LogP contribution in [0.1, 0.15) is 36.2 Å². The summed E-state index contributed by atoms with van der Waals surface area (Å²) in [7, 11) is 0. The van der Waals surface area contributed by atoms with Crippen LogP contribution >= 0.6 is 0 Å². The highest BCUT2D eigenvalue weighted by molar-refractivity contribution is 5.69. The second-order valence-corrected chi connectivity index (χ2v) is 6.72. The van der Waals surface area contributed by atoms with Gasteiger partial charge in [-0.2, -0.15) is 5.26 Å². The molecule has 0 unspecified atom stereocenters. The predicted octanol–water partition coefficient (Wildman–Crippen LogP) is 3.63. The van der Waals surface area contributed by atoms with Gasteiger partial charge in [0.15, 0.2) is 0 Å². The topological polar surface area (TPSA) is 88.5 Å². The molecule has 1 aromatic carbocycles. The molecule has 0 saturated carbocycles. The van der Waals surface area contributed by atoms with Crippen molar-refractivity contribution in [2.45, 2.75) is 26.2 Å². The van der Waals surface area contributed by atoms with Crippen molar-refractivity contribution in [3.05, 3.63) is 71.3 Å². The summed E-state index contributed by atoms with van der Waals surface area (Å²) in [5.74, 6) is 6.72. The lowest BCUT2D eigenvalue weighted by molar-refractivity contribution is 0.687. The third kappa shape index (κ3) is 3.94. The highest BCUT2D eigenvalue weighted by Gasteiger charge is 2.19. The van der Waals surface area contributed by atoms with Crippen LogP contribution in [-0.2, 0) is 5.41 Å². The second kappa shape index (κ2) is 7.27. The first-order valence-electron chi connectivity index (χ1n) is 8.48. The van der Waals surface area contributed by atoms with Crippen molar-refractivity contribution in [3.63, 3.8) is 0 Å². The first-order valence-corrected chi connectivity index (χ1v) is 8.48. The summed E-state index contributed by atoms with van der Waals surface area (Å²) < 4.78 is 0. The van der Waals surface area contributed by atoms with Crippen LogP contribution in [0.15, 0.2) is 48.9 Å². The zero-order valence-electron chi connectivity index (χ0n) is 15.5. The Balaban J connectivity index is 2.02. The second-order valence-electron chi connectivity index (χ2n) is 6.72. The number of nitrogens with zero attached hydrogens (tertiary/aromatic N) is 4. The van der Waals surface area contributed by atoms with Gasteiger partial charge in [-0.1, -0.05) is 36.1 Å². The normalized spacial score (nSPS) is 10.6. The summed E-state index contributed by atoms with van der Waals surface area (Å²) in [4.78, 5) is 12.8. The van der Waals surface area contributed by atoms with Gasteiger partial charge in [0.05, 0.1) is 28.4 Å². The molecule has 2 heterocycles. The van der Waals surface area contributed by atoms with Crippen LogP contribution in [0.4, 0.5) is 5.82 Å². The van der Waals surface area contributed by atoms with Gasteiger partial charge in [-0.05, 0) is 38.5 Å². The summed E-state index contributed by atoms with van der Waals surface area (Å²) in [5, 5.41) is 9.31. The van der Waals surface area contributed by atoms with E-state index in [9.17, 15) is 5.26 Å². The van der Waals surface area contributed by atoms with Crippen LogP contribution in [-0.4, -0.2) is 15.0 Å². The van der Waals surface area contributed by atoms with E-state index in [1.54, 1.807) is 12.3 Å². The predicted molar refractivity (Wildman–Crippen MR) is 105 cm³/mol. The van der Waals surface area contributed by atoms with Gasteiger partial charge >= 0.3 is 0 Å². The lowest BCUT2D eigenvalue weighted by atomic mass is 9.85. The van der Waals surface area contributed by atoms with Crippen molar-refractivity contribution < 1.29 is 0 Å². The zero-order chi connectivity index (χ0) is 19.4. The largest absolute Gasteiger partial charge is 0.384 e. The average Bonchev–Trinajstić information content (AvgIpc) is 2.68. The lowest BCUT2D eigenvalue weighted by Crippen LogP contribution is -2.13. The highest BCUT2D eigenvalue weighted by atomic mass is 14.8. The Morgan fingerprint density at radius 3 is 2.33 bits per heavy atom. The van der Waals surface area contributed by atoms with Crippen molar-refractivity contribution in [2.75, 3.05) is 5.73 Å². The van der Waals surface area contributed by atoms with E-state index in [2.05, 4.69) is 32.9 Å². The maximum atomic E-state index is 9.31. The van der Waals surface area contributed by atoms with E-state index in [0.717, 1.165) is 33.6 Å². The number of nitrogens with two attached hydrogens (primary N) is 1. The van der Waals surface area contributed by atoms with E-state index >= 15 is 0 Å². The molecule has 2 aromatic heterocycles. The molecule has 0 aliphatic carbocycles. The Morgan fingerprint density at radius 1 is 0.963 bits per heavy atom. The fraction of sp³-hybridized carbons (Fsp3) is 0.182. The molecule has 0 bridgehead atoms. The average molecular weight is 353 g/mol. The van der Waals surface area contributed by atoms with Gasteiger partial charge < -0.3 is 5.73 Å². The maximum Gasteiger partial charge on any atom is 0.123 e. The summed E-state index contributed by atoms with van der Waals surface area (Å²) in [5.41, 5.74) is 10.1. The fourth-order valence-corrected chi connectivity index (χ4v) is 2.57. The van der Waals surface area contributed by atoms with Crippen molar-refractivity contribution in [1.82, 2.24) is 15.0 Å². The van der Waals surface area contributed by atoms with Gasteiger partial charge in [0.25, 0.3) is 0 Å². The molecule has 132 valence electrons. The number of nitriles is 1. The van der Waals surface area contributed by atoms with Crippen LogP contribution in [0.25, 0.3) is 11.3 Å². The molecule has 5 nitrogen and oxygen atoms in total. The van der Waals surface area contributed by atoms with Crippen LogP contribution in [0.2, 0.25) is 0 Å². The van der Waals surface area contributed by atoms with Gasteiger partial charge in [-0.25, -0.2) is 15.0 Å². The number of rotatable bonds is 2. The summed E-state index contributed by atoms with van der Waals surface area (Å²) in [6, 6.07) is 13.7. The van der Waals surface area contributed by atoms with Gasteiger partial charge in [0.1, 0.15) is 12.1 Å². The number of nitrogen functional groups attached to an aromatic ring is 1. The van der Waals surface area contributed by atoms with E-state index in [1.807, 2.05) is 51.1 Å². The molecule has 0 spiro atoms. The highest BCUT2D eigenvalue weighted by Crippen LogP contribution is 2.27. The minimum absolute atomic E-state index is 0.459. The number of aryl methyl sites for hydroxylation is 1. The number of aromatic nitrogens is 3. The number of benzene rings is 1. The Labute approximate surface area is 158 Å². The fourth-order valence-electron chi connectivity index (χ4n) is 2.57. The lowest BCUT2D eigenvalue weighted by Gasteiger charge is -2.16. The van der Waals surface area contributed by atoms with Gasteiger partial charge in [0, 0.05) is 17.3 Å². The standard InChI is InChI=1S/C22H19N5/c1-15-19(10-4-16-5-11-20(24)25-12-16)21(27-14-26-15)17-6-8-18(9-7-17)22(2,3)13-23/h5-9,11-12,14H,1-3H3,(H2,24,25). The maximum absolute atomic E-state index is 9.31. The van der Waals surface area contributed by atoms with Gasteiger partial charge in [0.2, 0.25) is 0 Å².